The summed E-state index contributed by atoms with van der Waals surface area (Å²) in [6.07, 6.45) is 6.14. The molecule has 1 fully saturated rings. The highest BCUT2D eigenvalue weighted by Gasteiger charge is 2.28. The van der Waals surface area contributed by atoms with Crippen LogP contribution in [0.15, 0.2) is 18.2 Å². The molecule has 2 aromatic rings. The Hall–Kier alpha value is -2.69. The fourth-order valence-electron chi connectivity index (χ4n) is 3.23. The zero-order valence-electron chi connectivity index (χ0n) is 15.9. The standard InChI is InChI=1S/C20H23ClN4O3/c1-4-7-28-18-11-15(21)14(10-17(18)26-3)16-12-27-8-5-6-25(16)19-9-13(2)23-20(22)24-19/h1,9-11,16H,5-8,12H2,2-3H3,(H2,22,23,24). The number of aromatic nitrogens is 2. The van der Waals surface area contributed by atoms with E-state index >= 15 is 0 Å². The lowest BCUT2D eigenvalue weighted by Gasteiger charge is -2.32. The number of ether oxygens (including phenoxy) is 3. The van der Waals surface area contributed by atoms with Crippen LogP contribution >= 0.6 is 11.6 Å². The average Bonchev–Trinajstić information content (AvgIpc) is 2.91. The molecule has 0 saturated carbocycles. The SMILES string of the molecule is C#CCOc1cc(Cl)c(C2COCCCN2c2cc(C)nc(N)n2)cc1OC. The Morgan fingerprint density at radius 1 is 1.36 bits per heavy atom. The van der Waals surface area contributed by atoms with Crippen LogP contribution in [0.5, 0.6) is 11.5 Å². The fraction of sp³-hybridized carbons (Fsp3) is 0.400. The number of nitrogens with two attached hydrogens (primary N) is 1. The van der Waals surface area contributed by atoms with Crippen LogP contribution in [0, 0.1) is 19.3 Å². The van der Waals surface area contributed by atoms with E-state index in [1.165, 1.54) is 0 Å². The number of nitrogen functional groups attached to an aromatic ring is 1. The maximum atomic E-state index is 6.61. The van der Waals surface area contributed by atoms with Crippen LogP contribution in [-0.2, 0) is 4.74 Å². The molecule has 28 heavy (non-hydrogen) atoms. The number of methoxy groups -OCH3 is 1. The molecule has 0 amide bonds. The molecule has 1 aromatic carbocycles. The van der Waals surface area contributed by atoms with E-state index in [1.54, 1.807) is 13.2 Å². The Labute approximate surface area is 169 Å². The van der Waals surface area contributed by atoms with Crippen LogP contribution in [-0.4, -0.2) is 43.4 Å². The van der Waals surface area contributed by atoms with Crippen LogP contribution < -0.4 is 20.1 Å². The summed E-state index contributed by atoms with van der Waals surface area (Å²) < 4.78 is 16.8. The van der Waals surface area contributed by atoms with Gasteiger partial charge < -0.3 is 24.8 Å². The maximum Gasteiger partial charge on any atom is 0.222 e. The summed E-state index contributed by atoms with van der Waals surface area (Å²) in [5.41, 5.74) is 7.52. The van der Waals surface area contributed by atoms with Gasteiger partial charge in [-0.1, -0.05) is 17.5 Å². The zero-order valence-corrected chi connectivity index (χ0v) is 16.7. The molecule has 1 aliphatic rings. The first kappa shape index (κ1) is 20.1. The van der Waals surface area contributed by atoms with Crippen LogP contribution in [0.1, 0.15) is 23.7 Å². The summed E-state index contributed by atoms with van der Waals surface area (Å²) in [4.78, 5) is 10.7. The minimum atomic E-state index is -0.167. The van der Waals surface area contributed by atoms with E-state index < -0.39 is 0 Å². The van der Waals surface area contributed by atoms with Crippen LogP contribution in [0.25, 0.3) is 0 Å². The van der Waals surface area contributed by atoms with Crippen molar-refractivity contribution in [2.45, 2.75) is 19.4 Å². The predicted octanol–water partition coefficient (Wildman–Crippen LogP) is 3.01. The van der Waals surface area contributed by atoms with E-state index in [0.717, 1.165) is 30.0 Å². The van der Waals surface area contributed by atoms with E-state index in [9.17, 15) is 0 Å². The second kappa shape index (κ2) is 9.00. The number of hydrogen-bond acceptors (Lipinski definition) is 7. The summed E-state index contributed by atoms with van der Waals surface area (Å²) in [5.74, 6) is 4.46. The second-order valence-electron chi connectivity index (χ2n) is 6.38. The van der Waals surface area contributed by atoms with Gasteiger partial charge in [0.15, 0.2) is 11.5 Å². The third-order valence-corrected chi connectivity index (χ3v) is 4.77. The van der Waals surface area contributed by atoms with Crippen molar-refractivity contribution in [3.05, 3.63) is 34.5 Å². The van der Waals surface area contributed by atoms with Gasteiger partial charge >= 0.3 is 0 Å². The normalized spacial score (nSPS) is 16.9. The third-order valence-electron chi connectivity index (χ3n) is 4.44. The highest BCUT2D eigenvalue weighted by Crippen LogP contribution is 2.39. The van der Waals surface area contributed by atoms with Crippen LogP contribution in [0.2, 0.25) is 5.02 Å². The van der Waals surface area contributed by atoms with Crippen molar-refractivity contribution < 1.29 is 14.2 Å². The molecule has 1 unspecified atom stereocenters. The van der Waals surface area contributed by atoms with E-state index in [4.69, 9.17) is 38.0 Å². The molecule has 0 spiro atoms. The lowest BCUT2D eigenvalue weighted by Crippen LogP contribution is -2.32. The van der Waals surface area contributed by atoms with E-state index in [0.29, 0.717) is 29.7 Å². The zero-order chi connectivity index (χ0) is 20.1. The minimum absolute atomic E-state index is 0.129. The Morgan fingerprint density at radius 2 is 2.18 bits per heavy atom. The summed E-state index contributed by atoms with van der Waals surface area (Å²) in [5, 5.41) is 0.534. The van der Waals surface area contributed by atoms with Crippen molar-refractivity contribution in [1.82, 2.24) is 9.97 Å². The minimum Gasteiger partial charge on any atom is -0.493 e. The molecule has 0 bridgehead atoms. The van der Waals surface area contributed by atoms with Gasteiger partial charge in [0.25, 0.3) is 0 Å². The van der Waals surface area contributed by atoms with Crippen LogP contribution in [0.4, 0.5) is 11.8 Å². The summed E-state index contributed by atoms with van der Waals surface area (Å²) in [6, 6.07) is 5.32. The molecule has 1 aliphatic heterocycles. The molecule has 7 nitrogen and oxygen atoms in total. The van der Waals surface area contributed by atoms with Crippen LogP contribution in [0.3, 0.4) is 0 Å². The molecule has 1 atom stereocenters. The summed E-state index contributed by atoms with van der Waals surface area (Å²) >= 11 is 6.61. The van der Waals surface area contributed by atoms with Crippen molar-refractivity contribution in [1.29, 1.82) is 0 Å². The van der Waals surface area contributed by atoms with E-state index in [2.05, 4.69) is 20.8 Å². The Balaban J connectivity index is 2.03. The Bertz CT molecular complexity index is 864. The van der Waals surface area contributed by atoms with Gasteiger partial charge in [-0.05, 0) is 25.0 Å². The average molecular weight is 403 g/mol. The Kier molecular flexibility index (Phi) is 6.45. The molecule has 2 N–H and O–H groups in total. The third kappa shape index (κ3) is 4.41. The van der Waals surface area contributed by atoms with E-state index in [-0.39, 0.29) is 18.6 Å². The molecule has 0 aliphatic carbocycles. The number of hydrogen-bond donors (Lipinski definition) is 1. The first-order chi connectivity index (χ1) is 13.5. The monoisotopic (exact) mass is 402 g/mol. The highest BCUT2D eigenvalue weighted by atomic mass is 35.5. The molecule has 8 heteroatoms. The lowest BCUT2D eigenvalue weighted by atomic mass is 10.0. The van der Waals surface area contributed by atoms with E-state index in [1.807, 2.05) is 19.1 Å². The van der Waals surface area contributed by atoms with Gasteiger partial charge in [-0.3, -0.25) is 0 Å². The molecule has 1 aromatic heterocycles. The van der Waals surface area contributed by atoms with Gasteiger partial charge in [0.2, 0.25) is 5.95 Å². The van der Waals surface area contributed by atoms with Crippen molar-refractivity contribution in [3.63, 3.8) is 0 Å². The first-order valence-corrected chi connectivity index (χ1v) is 9.30. The molecule has 1 saturated heterocycles. The quantitative estimate of drug-likeness (QED) is 0.769. The Morgan fingerprint density at radius 3 is 2.89 bits per heavy atom. The fourth-order valence-corrected chi connectivity index (χ4v) is 3.51. The predicted molar refractivity (Wildman–Crippen MR) is 109 cm³/mol. The number of rotatable bonds is 5. The van der Waals surface area contributed by atoms with Crippen molar-refractivity contribution in [3.8, 4) is 23.8 Å². The smallest absolute Gasteiger partial charge is 0.222 e. The lowest BCUT2D eigenvalue weighted by molar-refractivity contribution is 0.134. The maximum absolute atomic E-state index is 6.61. The number of halogens is 1. The molecule has 148 valence electrons. The van der Waals surface area contributed by atoms with Crippen molar-refractivity contribution >= 4 is 23.4 Å². The number of aryl methyl sites for hydroxylation is 1. The molecular formula is C20H23ClN4O3. The highest BCUT2D eigenvalue weighted by molar-refractivity contribution is 6.31. The molecule has 2 heterocycles. The van der Waals surface area contributed by atoms with Crippen molar-refractivity contribution in [2.24, 2.45) is 0 Å². The molecule has 0 radical (unpaired) electrons. The van der Waals surface area contributed by atoms with Gasteiger partial charge in [0, 0.05) is 36.0 Å². The summed E-state index contributed by atoms with van der Waals surface area (Å²) in [6.45, 7) is 3.87. The van der Waals surface area contributed by atoms with Gasteiger partial charge in [0.05, 0.1) is 19.8 Å². The van der Waals surface area contributed by atoms with Gasteiger partial charge in [-0.2, -0.15) is 4.98 Å². The second-order valence-corrected chi connectivity index (χ2v) is 6.79. The topological polar surface area (TPSA) is 82.7 Å². The van der Waals surface area contributed by atoms with Gasteiger partial charge in [-0.15, -0.1) is 6.42 Å². The summed E-state index contributed by atoms with van der Waals surface area (Å²) in [7, 11) is 1.57. The number of terminal acetylenes is 1. The largest absolute Gasteiger partial charge is 0.493 e. The molecular weight excluding hydrogens is 380 g/mol. The van der Waals surface area contributed by atoms with Gasteiger partial charge in [-0.25, -0.2) is 4.98 Å². The first-order valence-electron chi connectivity index (χ1n) is 8.92. The van der Waals surface area contributed by atoms with Gasteiger partial charge in [0.1, 0.15) is 12.4 Å². The number of nitrogens with zero attached hydrogens (tertiary/aromatic N) is 3. The van der Waals surface area contributed by atoms with Crippen molar-refractivity contribution in [2.75, 3.05) is 44.1 Å². The molecule has 3 rings (SSSR count). The number of benzene rings is 1. The number of anilines is 2.